The average molecular weight is 282 g/mol. The number of halogens is 1. The maximum atomic E-state index is 10.9. The quantitative estimate of drug-likeness (QED) is 0.753. The van der Waals surface area contributed by atoms with E-state index in [1.165, 1.54) is 19.1 Å². The molecular weight excluding hydrogens is 270 g/mol. The summed E-state index contributed by atoms with van der Waals surface area (Å²) in [5.74, 6) is -1.60. The minimum Gasteiger partial charge on any atom is -0.480 e. The van der Waals surface area contributed by atoms with E-state index in [2.05, 4.69) is 10.6 Å². The topological polar surface area (TPSA) is 102 Å². The van der Waals surface area contributed by atoms with E-state index in [0.717, 1.165) is 0 Å². The van der Waals surface area contributed by atoms with Crippen molar-refractivity contribution in [1.29, 1.82) is 5.26 Å². The fourth-order valence-electron chi connectivity index (χ4n) is 1.39. The van der Waals surface area contributed by atoms with Gasteiger partial charge in [0, 0.05) is 13.5 Å². The maximum absolute atomic E-state index is 10.9. The highest BCUT2D eigenvalue weighted by Crippen LogP contribution is 2.22. The van der Waals surface area contributed by atoms with Gasteiger partial charge in [-0.3, -0.25) is 4.79 Å². The van der Waals surface area contributed by atoms with E-state index in [0.29, 0.717) is 16.3 Å². The average Bonchev–Trinajstić information content (AvgIpc) is 2.35. The van der Waals surface area contributed by atoms with E-state index >= 15 is 0 Å². The second kappa shape index (κ2) is 6.61. The number of carboxylic acids is 1. The minimum atomic E-state index is -1.16. The summed E-state index contributed by atoms with van der Waals surface area (Å²) in [5.41, 5.74) is 0.843. The number of benzene rings is 1. The van der Waals surface area contributed by atoms with Gasteiger partial charge >= 0.3 is 5.97 Å². The largest absolute Gasteiger partial charge is 0.480 e. The van der Waals surface area contributed by atoms with Gasteiger partial charge in [-0.05, 0) is 18.2 Å². The van der Waals surface area contributed by atoms with Gasteiger partial charge in [0.2, 0.25) is 5.91 Å². The van der Waals surface area contributed by atoms with E-state index in [-0.39, 0.29) is 6.54 Å². The fourth-order valence-corrected chi connectivity index (χ4v) is 1.57. The fraction of sp³-hybridized carbons (Fsp3) is 0.250. The van der Waals surface area contributed by atoms with Gasteiger partial charge in [0.1, 0.15) is 6.04 Å². The lowest BCUT2D eigenvalue weighted by atomic mass is 10.2. The van der Waals surface area contributed by atoms with E-state index < -0.39 is 17.9 Å². The number of rotatable bonds is 5. The molecule has 0 aliphatic heterocycles. The number of carboxylic acid groups (broad SMARTS) is 1. The monoisotopic (exact) mass is 281 g/mol. The third-order valence-electron chi connectivity index (χ3n) is 2.27. The second-order valence-electron chi connectivity index (χ2n) is 3.78. The zero-order valence-corrected chi connectivity index (χ0v) is 10.9. The molecule has 6 nitrogen and oxygen atoms in total. The molecule has 0 aliphatic carbocycles. The van der Waals surface area contributed by atoms with Gasteiger partial charge in [-0.2, -0.15) is 5.26 Å². The summed E-state index contributed by atoms with van der Waals surface area (Å²) in [6.45, 7) is 1.20. The Labute approximate surface area is 115 Å². The Morgan fingerprint density at radius 3 is 2.74 bits per heavy atom. The number of anilines is 1. The van der Waals surface area contributed by atoms with Crippen LogP contribution in [-0.2, 0) is 9.59 Å². The molecule has 100 valence electrons. The zero-order chi connectivity index (χ0) is 14.4. The van der Waals surface area contributed by atoms with Crippen LogP contribution in [0.2, 0.25) is 5.02 Å². The summed E-state index contributed by atoms with van der Waals surface area (Å²) in [7, 11) is 0. The van der Waals surface area contributed by atoms with Crippen LogP contribution in [0.5, 0.6) is 0 Å². The van der Waals surface area contributed by atoms with Gasteiger partial charge in [0.05, 0.1) is 22.3 Å². The van der Waals surface area contributed by atoms with Gasteiger partial charge in [-0.1, -0.05) is 11.6 Å². The Kier molecular flexibility index (Phi) is 5.15. The molecule has 0 bridgehead atoms. The molecule has 0 spiro atoms. The van der Waals surface area contributed by atoms with Crippen molar-refractivity contribution < 1.29 is 14.7 Å². The number of hydrogen-bond donors (Lipinski definition) is 3. The van der Waals surface area contributed by atoms with Crippen LogP contribution in [-0.4, -0.2) is 29.6 Å². The predicted molar refractivity (Wildman–Crippen MR) is 69.9 cm³/mol. The summed E-state index contributed by atoms with van der Waals surface area (Å²) >= 11 is 5.92. The summed E-state index contributed by atoms with van der Waals surface area (Å²) < 4.78 is 0. The van der Waals surface area contributed by atoms with E-state index in [1.54, 1.807) is 6.07 Å². The molecule has 0 saturated heterocycles. The minimum absolute atomic E-state index is 0.0382. The Morgan fingerprint density at radius 1 is 1.53 bits per heavy atom. The first-order valence-electron chi connectivity index (χ1n) is 5.37. The van der Waals surface area contributed by atoms with Gasteiger partial charge in [0.25, 0.3) is 0 Å². The molecule has 0 aromatic heterocycles. The molecule has 0 saturated carbocycles. The molecule has 3 N–H and O–H groups in total. The summed E-state index contributed by atoms with van der Waals surface area (Å²) in [6.07, 6.45) is 0. The second-order valence-corrected chi connectivity index (χ2v) is 4.19. The Bertz CT molecular complexity index is 540. The number of carbonyl (C=O) groups is 2. The first-order valence-corrected chi connectivity index (χ1v) is 5.75. The van der Waals surface area contributed by atoms with Gasteiger partial charge in [-0.15, -0.1) is 0 Å². The SMILES string of the molecule is CC(=O)NC(CNc1cc(C#N)ccc1Cl)C(=O)O. The maximum Gasteiger partial charge on any atom is 0.328 e. The third kappa shape index (κ3) is 4.48. The molecule has 1 unspecified atom stereocenters. The highest BCUT2D eigenvalue weighted by atomic mass is 35.5. The van der Waals surface area contributed by atoms with Crippen LogP contribution in [0.3, 0.4) is 0 Å². The van der Waals surface area contributed by atoms with Gasteiger partial charge < -0.3 is 15.7 Å². The lowest BCUT2D eigenvalue weighted by Gasteiger charge is -2.15. The molecule has 19 heavy (non-hydrogen) atoms. The standard InChI is InChI=1S/C12H12ClN3O3/c1-7(17)16-11(12(18)19)6-15-10-4-8(5-14)2-3-9(10)13/h2-4,11,15H,6H2,1H3,(H,16,17)(H,18,19). The number of amides is 1. The van der Waals surface area contributed by atoms with Crippen molar-refractivity contribution >= 4 is 29.2 Å². The number of hydrogen-bond acceptors (Lipinski definition) is 4. The van der Waals surface area contributed by atoms with Crippen LogP contribution in [0.25, 0.3) is 0 Å². The molecule has 0 fully saturated rings. The first kappa shape index (κ1) is 14.8. The van der Waals surface area contributed by atoms with E-state index in [1.807, 2.05) is 6.07 Å². The van der Waals surface area contributed by atoms with Crippen molar-refractivity contribution in [1.82, 2.24) is 5.32 Å². The summed E-state index contributed by atoms with van der Waals surface area (Å²) in [6, 6.07) is 5.48. The molecule has 1 rings (SSSR count). The zero-order valence-electron chi connectivity index (χ0n) is 10.1. The number of carbonyl (C=O) groups excluding carboxylic acids is 1. The molecule has 0 heterocycles. The predicted octanol–water partition coefficient (Wildman–Crippen LogP) is 1.21. The van der Waals surface area contributed by atoms with E-state index in [9.17, 15) is 9.59 Å². The first-order chi connectivity index (χ1) is 8.93. The lowest BCUT2D eigenvalue weighted by molar-refractivity contribution is -0.141. The molecule has 7 heteroatoms. The molecule has 1 aromatic rings. The van der Waals surface area contributed by atoms with Crippen LogP contribution < -0.4 is 10.6 Å². The van der Waals surface area contributed by atoms with Gasteiger partial charge in [-0.25, -0.2) is 4.79 Å². The highest BCUT2D eigenvalue weighted by molar-refractivity contribution is 6.33. The van der Waals surface area contributed by atoms with Crippen molar-refractivity contribution in [2.45, 2.75) is 13.0 Å². The lowest BCUT2D eigenvalue weighted by Crippen LogP contribution is -2.44. The number of aliphatic carboxylic acids is 1. The molecule has 0 aliphatic rings. The molecule has 1 amide bonds. The Morgan fingerprint density at radius 2 is 2.21 bits per heavy atom. The van der Waals surface area contributed by atoms with Gasteiger partial charge in [0.15, 0.2) is 0 Å². The number of nitriles is 1. The van der Waals surface area contributed by atoms with Crippen molar-refractivity contribution in [3.05, 3.63) is 28.8 Å². The molecule has 0 radical (unpaired) electrons. The van der Waals surface area contributed by atoms with Crippen molar-refractivity contribution in [3.63, 3.8) is 0 Å². The smallest absolute Gasteiger partial charge is 0.328 e. The number of nitrogens with one attached hydrogen (secondary N) is 2. The normalized spacial score (nSPS) is 11.2. The van der Waals surface area contributed by atoms with Crippen molar-refractivity contribution in [2.24, 2.45) is 0 Å². The third-order valence-corrected chi connectivity index (χ3v) is 2.60. The van der Waals surface area contributed by atoms with Crippen LogP contribution in [0.4, 0.5) is 5.69 Å². The van der Waals surface area contributed by atoms with Crippen molar-refractivity contribution in [3.8, 4) is 6.07 Å². The van der Waals surface area contributed by atoms with Crippen molar-refractivity contribution in [2.75, 3.05) is 11.9 Å². The van der Waals surface area contributed by atoms with Crippen LogP contribution in [0.15, 0.2) is 18.2 Å². The Hall–Kier alpha value is -2.26. The molecule has 1 aromatic carbocycles. The van der Waals surface area contributed by atoms with E-state index in [4.69, 9.17) is 22.0 Å². The molecular formula is C12H12ClN3O3. The Balaban J connectivity index is 2.77. The van der Waals surface area contributed by atoms with Crippen LogP contribution in [0, 0.1) is 11.3 Å². The van der Waals surface area contributed by atoms with Crippen LogP contribution in [0.1, 0.15) is 12.5 Å². The number of nitrogens with zero attached hydrogens (tertiary/aromatic N) is 1. The van der Waals surface area contributed by atoms with Crippen LogP contribution >= 0.6 is 11.6 Å². The summed E-state index contributed by atoms with van der Waals surface area (Å²) in [4.78, 5) is 21.8. The molecule has 1 atom stereocenters. The highest BCUT2D eigenvalue weighted by Gasteiger charge is 2.18. The summed E-state index contributed by atoms with van der Waals surface area (Å²) in [5, 5.41) is 23.1.